The topological polar surface area (TPSA) is 40.5 Å². The van der Waals surface area contributed by atoms with Gasteiger partial charge in [-0.15, -0.1) is 0 Å². The number of carbonyl (C=O) groups is 1. The van der Waals surface area contributed by atoms with E-state index in [9.17, 15) is 9.90 Å². The Balaban J connectivity index is 2.01. The van der Waals surface area contributed by atoms with Crippen molar-refractivity contribution in [1.29, 1.82) is 0 Å². The summed E-state index contributed by atoms with van der Waals surface area (Å²) >= 11 is 5.82. The molecule has 1 aromatic carbocycles. The predicted molar refractivity (Wildman–Crippen MR) is 76.4 cm³/mol. The number of hydrogen-bond acceptors (Lipinski definition) is 2. The van der Waals surface area contributed by atoms with Crippen LogP contribution in [0, 0.1) is 5.41 Å². The second-order valence-electron chi connectivity index (χ2n) is 5.31. The van der Waals surface area contributed by atoms with E-state index in [-0.39, 0.29) is 17.9 Å². The number of nitrogens with zero attached hydrogens (tertiary/aromatic N) is 1. The highest BCUT2D eigenvalue weighted by Crippen LogP contribution is 2.34. The number of benzene rings is 1. The van der Waals surface area contributed by atoms with Gasteiger partial charge in [-0.2, -0.15) is 0 Å². The molecule has 0 aromatic heterocycles. The van der Waals surface area contributed by atoms with Crippen LogP contribution in [0.25, 0.3) is 0 Å². The highest BCUT2D eigenvalue weighted by atomic mass is 35.5. The lowest BCUT2D eigenvalue weighted by Gasteiger charge is -2.40. The van der Waals surface area contributed by atoms with E-state index < -0.39 is 0 Å². The van der Waals surface area contributed by atoms with Crippen LogP contribution in [-0.2, 0) is 0 Å². The maximum Gasteiger partial charge on any atom is 0.253 e. The van der Waals surface area contributed by atoms with E-state index in [2.05, 4.69) is 6.92 Å². The van der Waals surface area contributed by atoms with Crippen LogP contribution >= 0.6 is 11.6 Å². The summed E-state index contributed by atoms with van der Waals surface area (Å²) in [6, 6.07) is 7.00. The molecule has 1 aromatic rings. The van der Waals surface area contributed by atoms with Crippen LogP contribution in [-0.4, -0.2) is 35.6 Å². The van der Waals surface area contributed by atoms with Crippen LogP contribution in [0.1, 0.15) is 36.5 Å². The van der Waals surface area contributed by atoms with Gasteiger partial charge in [-0.1, -0.05) is 18.5 Å². The van der Waals surface area contributed by atoms with Gasteiger partial charge < -0.3 is 10.0 Å². The molecule has 0 saturated carbocycles. The maximum atomic E-state index is 12.3. The molecule has 1 heterocycles. The molecule has 0 atom stereocenters. The van der Waals surface area contributed by atoms with Crippen molar-refractivity contribution in [3.63, 3.8) is 0 Å². The SMILES string of the molecule is CCC1(CO)CCN(C(=O)c2ccc(Cl)cc2)CC1. The first-order valence-electron chi connectivity index (χ1n) is 6.76. The number of aliphatic hydroxyl groups excluding tert-OH is 1. The number of rotatable bonds is 3. The van der Waals surface area contributed by atoms with Crippen LogP contribution < -0.4 is 0 Å². The third kappa shape index (κ3) is 3.10. The summed E-state index contributed by atoms with van der Waals surface area (Å²) in [5.74, 6) is 0.0549. The summed E-state index contributed by atoms with van der Waals surface area (Å²) in [7, 11) is 0. The van der Waals surface area contributed by atoms with Crippen molar-refractivity contribution in [1.82, 2.24) is 4.90 Å². The van der Waals surface area contributed by atoms with Gasteiger partial charge in [0.25, 0.3) is 5.91 Å². The standard InChI is InChI=1S/C15H20ClNO2/c1-2-15(11-18)7-9-17(10-8-15)14(19)12-3-5-13(16)6-4-12/h3-6,18H,2,7-11H2,1H3. The first kappa shape index (κ1) is 14.4. The molecule has 0 spiro atoms. The van der Waals surface area contributed by atoms with E-state index in [4.69, 9.17) is 11.6 Å². The zero-order chi connectivity index (χ0) is 13.9. The minimum Gasteiger partial charge on any atom is -0.396 e. The first-order chi connectivity index (χ1) is 9.10. The quantitative estimate of drug-likeness (QED) is 0.925. The van der Waals surface area contributed by atoms with Crippen LogP contribution in [0.15, 0.2) is 24.3 Å². The average Bonchev–Trinajstić information content (AvgIpc) is 2.47. The van der Waals surface area contributed by atoms with Crippen molar-refractivity contribution in [2.24, 2.45) is 5.41 Å². The summed E-state index contributed by atoms with van der Waals surface area (Å²) < 4.78 is 0. The Morgan fingerprint density at radius 2 is 1.89 bits per heavy atom. The average molecular weight is 282 g/mol. The molecule has 0 unspecified atom stereocenters. The highest BCUT2D eigenvalue weighted by molar-refractivity contribution is 6.30. The third-order valence-corrected chi connectivity index (χ3v) is 4.54. The zero-order valence-electron chi connectivity index (χ0n) is 11.2. The molecule has 104 valence electrons. The lowest BCUT2D eigenvalue weighted by atomic mass is 9.77. The van der Waals surface area contributed by atoms with Gasteiger partial charge in [-0.25, -0.2) is 0 Å². The summed E-state index contributed by atoms with van der Waals surface area (Å²) in [6.45, 7) is 3.76. The number of halogens is 1. The highest BCUT2D eigenvalue weighted by Gasteiger charge is 2.33. The van der Waals surface area contributed by atoms with E-state index in [0.29, 0.717) is 10.6 Å². The van der Waals surface area contributed by atoms with Crippen LogP contribution in [0.3, 0.4) is 0 Å². The largest absolute Gasteiger partial charge is 0.396 e. The van der Waals surface area contributed by atoms with E-state index in [0.717, 1.165) is 32.4 Å². The van der Waals surface area contributed by atoms with Gasteiger partial charge >= 0.3 is 0 Å². The fourth-order valence-corrected chi connectivity index (χ4v) is 2.71. The van der Waals surface area contributed by atoms with Crippen molar-refractivity contribution in [3.05, 3.63) is 34.9 Å². The second kappa shape index (κ2) is 5.93. The van der Waals surface area contributed by atoms with E-state index in [1.54, 1.807) is 24.3 Å². The Bertz CT molecular complexity index is 430. The minimum absolute atomic E-state index is 0.0107. The van der Waals surface area contributed by atoms with Crippen molar-refractivity contribution >= 4 is 17.5 Å². The Hall–Kier alpha value is -1.06. The Kier molecular flexibility index (Phi) is 4.48. The van der Waals surface area contributed by atoms with Gasteiger partial charge in [0.1, 0.15) is 0 Å². The van der Waals surface area contributed by atoms with Crippen molar-refractivity contribution in [3.8, 4) is 0 Å². The molecular formula is C15H20ClNO2. The number of aliphatic hydroxyl groups is 1. The van der Waals surface area contributed by atoms with Gasteiger partial charge in [-0.05, 0) is 48.9 Å². The molecule has 1 aliphatic heterocycles. The summed E-state index contributed by atoms with van der Waals surface area (Å²) in [5.41, 5.74) is 0.689. The van der Waals surface area contributed by atoms with Gasteiger partial charge in [0.15, 0.2) is 0 Å². The molecular weight excluding hydrogens is 262 g/mol. The van der Waals surface area contributed by atoms with Gasteiger partial charge in [0.2, 0.25) is 0 Å². The lowest BCUT2D eigenvalue weighted by Crippen LogP contribution is -2.44. The van der Waals surface area contributed by atoms with Gasteiger partial charge in [0, 0.05) is 30.3 Å². The van der Waals surface area contributed by atoms with Gasteiger partial charge in [0.05, 0.1) is 0 Å². The van der Waals surface area contributed by atoms with Crippen molar-refractivity contribution in [2.75, 3.05) is 19.7 Å². The molecule has 0 bridgehead atoms. The molecule has 0 radical (unpaired) electrons. The molecule has 0 aliphatic carbocycles. The molecule has 2 rings (SSSR count). The Morgan fingerprint density at radius 3 is 2.37 bits per heavy atom. The summed E-state index contributed by atoms with van der Waals surface area (Å²) in [5, 5.41) is 10.1. The van der Waals surface area contributed by atoms with E-state index in [1.807, 2.05) is 4.90 Å². The molecule has 1 saturated heterocycles. The fraction of sp³-hybridized carbons (Fsp3) is 0.533. The lowest BCUT2D eigenvalue weighted by molar-refractivity contribution is 0.0338. The van der Waals surface area contributed by atoms with Crippen molar-refractivity contribution in [2.45, 2.75) is 26.2 Å². The number of piperidine rings is 1. The number of likely N-dealkylation sites (tertiary alicyclic amines) is 1. The van der Waals surface area contributed by atoms with Gasteiger partial charge in [-0.3, -0.25) is 4.79 Å². The second-order valence-corrected chi connectivity index (χ2v) is 5.75. The molecule has 4 heteroatoms. The van der Waals surface area contributed by atoms with E-state index in [1.165, 1.54) is 0 Å². The molecule has 1 aliphatic rings. The first-order valence-corrected chi connectivity index (χ1v) is 7.14. The Morgan fingerprint density at radius 1 is 1.32 bits per heavy atom. The third-order valence-electron chi connectivity index (χ3n) is 4.29. The van der Waals surface area contributed by atoms with Crippen LogP contribution in [0.5, 0.6) is 0 Å². The summed E-state index contributed by atoms with van der Waals surface area (Å²) in [6.07, 6.45) is 2.71. The predicted octanol–water partition coefficient (Wildman–Crippen LogP) is 2.96. The number of amides is 1. The molecule has 1 fully saturated rings. The minimum atomic E-state index is 0.0107. The molecule has 1 amide bonds. The number of carbonyl (C=O) groups excluding carboxylic acids is 1. The van der Waals surface area contributed by atoms with Crippen molar-refractivity contribution < 1.29 is 9.90 Å². The number of hydrogen-bond donors (Lipinski definition) is 1. The van der Waals surface area contributed by atoms with Crippen LogP contribution in [0.2, 0.25) is 5.02 Å². The summed E-state index contributed by atoms with van der Waals surface area (Å²) in [4.78, 5) is 14.2. The fourth-order valence-electron chi connectivity index (χ4n) is 2.58. The van der Waals surface area contributed by atoms with Crippen LogP contribution in [0.4, 0.5) is 0 Å². The molecule has 19 heavy (non-hydrogen) atoms. The normalized spacial score (nSPS) is 18.4. The molecule has 3 nitrogen and oxygen atoms in total. The zero-order valence-corrected chi connectivity index (χ0v) is 12.0. The monoisotopic (exact) mass is 281 g/mol. The smallest absolute Gasteiger partial charge is 0.253 e. The Labute approximate surface area is 119 Å². The van der Waals surface area contributed by atoms with E-state index >= 15 is 0 Å². The molecule has 1 N–H and O–H groups in total. The maximum absolute atomic E-state index is 12.3.